The van der Waals surface area contributed by atoms with Gasteiger partial charge < -0.3 is 39.0 Å². The molecule has 4 rings (SSSR count). The van der Waals surface area contributed by atoms with E-state index in [2.05, 4.69) is 10.6 Å². The van der Waals surface area contributed by atoms with Gasteiger partial charge in [0.25, 0.3) is 11.8 Å². The number of likely N-dealkylation sites (N-methyl/N-ethyl adjacent to an activating group) is 2. The van der Waals surface area contributed by atoms with Gasteiger partial charge in [-0.15, -0.1) is 0 Å². The first-order chi connectivity index (χ1) is 18.9. The van der Waals surface area contributed by atoms with Gasteiger partial charge in [0.05, 0.1) is 28.4 Å². The molecule has 14 nitrogen and oxygen atoms in total. The van der Waals surface area contributed by atoms with Crippen LogP contribution in [0.25, 0.3) is 12.2 Å². The zero-order chi connectivity index (χ0) is 29.7. The van der Waals surface area contributed by atoms with Crippen LogP contribution in [0.2, 0.25) is 0 Å². The molecule has 2 fully saturated rings. The third kappa shape index (κ3) is 5.85. The van der Waals surface area contributed by atoms with Crippen LogP contribution in [0.3, 0.4) is 0 Å². The molecule has 0 atom stereocenters. The molecule has 2 amide bonds. The number of carbonyl (C=O) groups is 2. The molecule has 2 aromatic rings. The Labute approximate surface area is 230 Å². The highest BCUT2D eigenvalue weighted by Gasteiger charge is 2.28. The number of carbonyl (C=O) groups excluding carboxylic acids is 2. The molecule has 2 heterocycles. The lowest BCUT2D eigenvalue weighted by Gasteiger charge is -2.11. The van der Waals surface area contributed by atoms with Gasteiger partial charge in [-0.25, -0.2) is 0 Å². The first-order valence-electron chi connectivity index (χ1n) is 11.6. The maximum absolute atomic E-state index is 11.7. The van der Waals surface area contributed by atoms with Crippen molar-refractivity contribution in [2.75, 3.05) is 42.5 Å². The van der Waals surface area contributed by atoms with Crippen LogP contribution in [0.1, 0.15) is 11.1 Å². The summed E-state index contributed by atoms with van der Waals surface area (Å²) in [5.41, 5.74) is 1.88. The van der Waals surface area contributed by atoms with Crippen molar-refractivity contribution >= 4 is 35.9 Å². The number of phenols is 2. The standard InChI is InChI=1S/2C13H15N3O4/c2*1-16-8(12(18)15-13(16)14)4-7-5-9(19-2)11(17)10(6-7)20-3/h2*4-6,17H,1-3H3,(H2,14,15,18). The maximum atomic E-state index is 11.7. The molecule has 0 radical (unpaired) electrons. The highest BCUT2D eigenvalue weighted by atomic mass is 16.5. The minimum atomic E-state index is -0.358. The number of hydrogen-bond donors (Lipinski definition) is 6. The number of benzene rings is 2. The van der Waals surface area contributed by atoms with Crippen LogP contribution in [0.15, 0.2) is 35.7 Å². The van der Waals surface area contributed by atoms with Crippen molar-refractivity contribution in [3.8, 4) is 34.5 Å². The first kappa shape index (κ1) is 29.2. The van der Waals surface area contributed by atoms with Crippen molar-refractivity contribution < 1.29 is 38.7 Å². The summed E-state index contributed by atoms with van der Waals surface area (Å²) in [7, 11) is 8.93. The molecule has 0 spiro atoms. The second-order valence-electron chi connectivity index (χ2n) is 8.33. The number of hydrogen-bond acceptors (Lipinski definition) is 10. The van der Waals surface area contributed by atoms with E-state index in [-0.39, 0.29) is 58.2 Å². The average Bonchev–Trinajstić information content (AvgIpc) is 3.32. The van der Waals surface area contributed by atoms with Crippen molar-refractivity contribution in [2.45, 2.75) is 0 Å². The van der Waals surface area contributed by atoms with Crippen LogP contribution in [0.4, 0.5) is 0 Å². The lowest BCUT2D eigenvalue weighted by atomic mass is 10.1. The number of phenolic OH excluding ortho intramolecular Hbond substituents is 2. The van der Waals surface area contributed by atoms with Crippen molar-refractivity contribution in [3.63, 3.8) is 0 Å². The van der Waals surface area contributed by atoms with Gasteiger partial charge in [0.15, 0.2) is 23.0 Å². The molecule has 2 aliphatic heterocycles. The summed E-state index contributed by atoms with van der Waals surface area (Å²) in [6.45, 7) is 0. The van der Waals surface area contributed by atoms with Gasteiger partial charge in [0.1, 0.15) is 11.4 Å². The number of methoxy groups -OCH3 is 4. The van der Waals surface area contributed by atoms with Gasteiger partial charge in [0.2, 0.25) is 23.4 Å². The summed E-state index contributed by atoms with van der Waals surface area (Å²) in [5.74, 6) is 0.0764. The van der Waals surface area contributed by atoms with E-state index in [0.29, 0.717) is 22.5 Å². The summed E-state index contributed by atoms with van der Waals surface area (Å²) in [4.78, 5) is 26.3. The lowest BCUT2D eigenvalue weighted by Crippen LogP contribution is -2.25. The Kier molecular flexibility index (Phi) is 8.73. The Morgan fingerprint density at radius 3 is 1.12 bits per heavy atom. The van der Waals surface area contributed by atoms with Crippen molar-refractivity contribution in [3.05, 3.63) is 46.8 Å². The van der Waals surface area contributed by atoms with Gasteiger partial charge in [0, 0.05) is 14.1 Å². The van der Waals surface area contributed by atoms with E-state index in [4.69, 9.17) is 29.8 Å². The van der Waals surface area contributed by atoms with E-state index in [1.807, 2.05) is 0 Å². The van der Waals surface area contributed by atoms with Crippen molar-refractivity contribution in [1.82, 2.24) is 20.4 Å². The summed E-state index contributed by atoms with van der Waals surface area (Å²) in [6.07, 6.45) is 3.17. The smallest absolute Gasteiger partial charge is 0.274 e. The molecular formula is C26H30N6O8. The molecule has 40 heavy (non-hydrogen) atoms. The van der Waals surface area contributed by atoms with Gasteiger partial charge in [-0.1, -0.05) is 0 Å². The monoisotopic (exact) mass is 554 g/mol. The molecule has 2 aromatic carbocycles. The number of nitrogens with zero attached hydrogens (tertiary/aromatic N) is 2. The molecule has 0 aromatic heterocycles. The fourth-order valence-corrected chi connectivity index (χ4v) is 3.69. The second-order valence-corrected chi connectivity index (χ2v) is 8.33. The fourth-order valence-electron chi connectivity index (χ4n) is 3.69. The minimum Gasteiger partial charge on any atom is -0.502 e. The summed E-state index contributed by atoms with van der Waals surface area (Å²) in [6, 6.07) is 6.31. The fraction of sp³-hybridized carbons (Fsp3) is 0.231. The van der Waals surface area contributed by atoms with Crippen LogP contribution in [0.5, 0.6) is 34.5 Å². The normalized spacial score (nSPS) is 16.6. The predicted molar refractivity (Wildman–Crippen MR) is 146 cm³/mol. The Balaban J connectivity index is 0.000000220. The van der Waals surface area contributed by atoms with Crippen LogP contribution >= 0.6 is 0 Å². The summed E-state index contributed by atoms with van der Waals surface area (Å²) >= 11 is 0. The van der Waals surface area contributed by atoms with E-state index in [0.717, 1.165) is 0 Å². The number of aromatic hydroxyl groups is 2. The molecule has 0 aliphatic carbocycles. The number of amides is 2. The SMILES string of the molecule is COc1cc(C=C2C(=O)NC(=N)N2C)cc(OC)c1O.COc1cc(C=C2C(=O)NC(=N)N2C)cc(OC)c1O. The zero-order valence-corrected chi connectivity index (χ0v) is 22.7. The first-order valence-corrected chi connectivity index (χ1v) is 11.6. The zero-order valence-electron chi connectivity index (χ0n) is 22.7. The molecule has 6 N–H and O–H groups in total. The summed E-state index contributed by atoms with van der Waals surface area (Å²) in [5, 5.41) is 39.5. The van der Waals surface area contributed by atoms with Gasteiger partial charge in [-0.05, 0) is 47.5 Å². The quantitative estimate of drug-likeness (QED) is 0.285. The minimum absolute atomic E-state index is 0.0129. The number of nitrogens with one attached hydrogen (secondary N) is 4. The maximum Gasteiger partial charge on any atom is 0.274 e. The molecule has 212 valence electrons. The molecule has 0 saturated carbocycles. The average molecular weight is 555 g/mol. The Morgan fingerprint density at radius 1 is 0.650 bits per heavy atom. The van der Waals surface area contributed by atoms with Crippen molar-refractivity contribution in [1.29, 1.82) is 10.8 Å². The van der Waals surface area contributed by atoms with Gasteiger partial charge >= 0.3 is 0 Å². The highest BCUT2D eigenvalue weighted by molar-refractivity contribution is 6.15. The molecule has 14 heteroatoms. The second kappa shape index (κ2) is 12.0. The van der Waals surface area contributed by atoms with E-state index in [9.17, 15) is 19.8 Å². The number of ether oxygens (including phenoxy) is 4. The Morgan fingerprint density at radius 2 is 0.925 bits per heavy atom. The van der Waals surface area contributed by atoms with Crippen LogP contribution in [-0.4, -0.2) is 86.3 Å². The third-order valence-electron chi connectivity index (χ3n) is 5.93. The van der Waals surface area contributed by atoms with Crippen LogP contribution in [0, 0.1) is 10.8 Å². The van der Waals surface area contributed by atoms with Crippen LogP contribution < -0.4 is 29.6 Å². The Hall–Kier alpha value is -5.40. The molecule has 0 unspecified atom stereocenters. The van der Waals surface area contributed by atoms with E-state index < -0.39 is 0 Å². The summed E-state index contributed by atoms with van der Waals surface area (Å²) < 4.78 is 20.2. The van der Waals surface area contributed by atoms with Crippen LogP contribution in [-0.2, 0) is 9.59 Å². The van der Waals surface area contributed by atoms with Gasteiger partial charge in [-0.3, -0.25) is 31.0 Å². The van der Waals surface area contributed by atoms with Crippen molar-refractivity contribution in [2.24, 2.45) is 0 Å². The molecule has 2 aliphatic rings. The molecule has 0 bridgehead atoms. The molecular weight excluding hydrogens is 524 g/mol. The predicted octanol–water partition coefficient (Wildman–Crippen LogP) is 1.49. The highest BCUT2D eigenvalue weighted by Crippen LogP contribution is 2.39. The lowest BCUT2D eigenvalue weighted by molar-refractivity contribution is -0.116. The number of rotatable bonds is 6. The number of guanidine groups is 2. The molecule has 2 saturated heterocycles. The van der Waals surface area contributed by atoms with E-state index >= 15 is 0 Å². The van der Waals surface area contributed by atoms with E-state index in [1.54, 1.807) is 50.5 Å². The Bertz CT molecular complexity index is 1280. The van der Waals surface area contributed by atoms with E-state index in [1.165, 1.54) is 38.2 Å². The third-order valence-corrected chi connectivity index (χ3v) is 5.93. The van der Waals surface area contributed by atoms with Gasteiger partial charge in [-0.2, -0.15) is 0 Å². The largest absolute Gasteiger partial charge is 0.502 e. The topological polar surface area (TPSA) is 190 Å².